The minimum absolute atomic E-state index is 0.000552. The molecule has 5 amide bonds. The van der Waals surface area contributed by atoms with Crippen LogP contribution in [0.15, 0.2) is 60.7 Å². The maximum atomic E-state index is 14.0. The zero-order valence-corrected chi connectivity index (χ0v) is 31.3. The van der Waals surface area contributed by atoms with Gasteiger partial charge < -0.3 is 32.7 Å². The maximum absolute atomic E-state index is 14.0. The minimum atomic E-state index is -1.04. The Bertz CT molecular complexity index is 2060. The Morgan fingerprint density at radius 3 is 2.26 bits per heavy atom. The fourth-order valence-electron chi connectivity index (χ4n) is 6.66. The molecule has 0 radical (unpaired) electrons. The zero-order chi connectivity index (χ0) is 39.1. The summed E-state index contributed by atoms with van der Waals surface area (Å²) < 4.78 is 0. The van der Waals surface area contributed by atoms with Gasteiger partial charge in [-0.15, -0.1) is 0 Å². The molecule has 8 N–H and O–H groups in total. The number of anilines is 1. The van der Waals surface area contributed by atoms with Gasteiger partial charge in [0.05, 0.1) is 35.6 Å². The highest BCUT2D eigenvalue weighted by Gasteiger charge is 2.27. The van der Waals surface area contributed by atoms with Crippen molar-refractivity contribution in [2.75, 3.05) is 18.4 Å². The van der Waals surface area contributed by atoms with Crippen molar-refractivity contribution in [1.29, 1.82) is 0 Å². The Balaban J connectivity index is 1.44. The van der Waals surface area contributed by atoms with Gasteiger partial charge >= 0.3 is 0 Å². The minimum Gasteiger partial charge on any atom is -0.368 e. The van der Waals surface area contributed by atoms with Gasteiger partial charge in [0.1, 0.15) is 12.1 Å². The van der Waals surface area contributed by atoms with E-state index in [1.165, 1.54) is 5.56 Å². The molecule has 13 heteroatoms. The fraction of sp³-hybridized carbons (Fsp3) is 0.341. The molecule has 1 unspecified atom stereocenters. The smallest absolute Gasteiger partial charge is 0.255 e. The number of nitrogens with two attached hydrogens (primary N) is 2. The Labute approximate surface area is 315 Å². The van der Waals surface area contributed by atoms with Crippen molar-refractivity contribution in [1.82, 2.24) is 25.9 Å². The second-order valence-electron chi connectivity index (χ2n) is 14.2. The third kappa shape index (κ3) is 9.72. The molecule has 0 spiro atoms. The topological polar surface area (TPSA) is 211 Å². The fourth-order valence-corrected chi connectivity index (χ4v) is 6.66. The number of hydrogen-bond donors (Lipinski definition) is 6. The highest BCUT2D eigenvalue weighted by atomic mass is 16.2. The van der Waals surface area contributed by atoms with Gasteiger partial charge in [-0.3, -0.25) is 24.0 Å². The first-order valence-electron chi connectivity index (χ1n) is 18.1. The number of nitrogens with zero attached hydrogens (tertiary/aromatic N) is 2. The number of nitrogens with one attached hydrogen (secondary N) is 4. The average molecular weight is 733 g/mol. The van der Waals surface area contributed by atoms with Crippen molar-refractivity contribution in [3.63, 3.8) is 0 Å². The molecule has 4 aromatic rings. The van der Waals surface area contributed by atoms with E-state index in [9.17, 15) is 24.0 Å². The Morgan fingerprint density at radius 2 is 1.61 bits per heavy atom. The summed E-state index contributed by atoms with van der Waals surface area (Å²) in [6, 6.07) is 16.9. The van der Waals surface area contributed by atoms with Crippen molar-refractivity contribution in [3.05, 3.63) is 99.9 Å². The van der Waals surface area contributed by atoms with Crippen LogP contribution >= 0.6 is 0 Å². The number of carbonyl (C=O) groups is 5. The van der Waals surface area contributed by atoms with Crippen LogP contribution in [-0.2, 0) is 38.4 Å². The van der Waals surface area contributed by atoms with Gasteiger partial charge in [-0.05, 0) is 80.0 Å². The summed E-state index contributed by atoms with van der Waals surface area (Å²) in [6.07, 6.45) is 1.19. The highest BCUT2D eigenvalue weighted by Crippen LogP contribution is 2.34. The SMILES string of the molecule is Cc1cc2cc(c1NC(=O)[C@H](CCN)NC(=O)c1c(C)nc(-c3ccc(CC(C)C)cc3)nc1C)-c1cccc(c1)CC(=O)NCC(=O)NC(C(N)=O)C2. The molecule has 282 valence electrons. The van der Waals surface area contributed by atoms with E-state index in [-0.39, 0.29) is 43.8 Å². The number of amides is 5. The summed E-state index contributed by atoms with van der Waals surface area (Å²) in [5.41, 5.74) is 18.7. The lowest BCUT2D eigenvalue weighted by Gasteiger charge is -2.23. The number of rotatable bonds is 10. The Morgan fingerprint density at radius 1 is 0.907 bits per heavy atom. The number of carbonyl (C=O) groups excluding carboxylic acids is 5. The van der Waals surface area contributed by atoms with E-state index in [0.717, 1.165) is 12.0 Å². The second-order valence-corrected chi connectivity index (χ2v) is 14.2. The lowest BCUT2D eigenvalue weighted by molar-refractivity contribution is -0.128. The van der Waals surface area contributed by atoms with Gasteiger partial charge in [0.15, 0.2) is 5.82 Å². The lowest BCUT2D eigenvalue weighted by atomic mass is 9.93. The van der Waals surface area contributed by atoms with Gasteiger partial charge in [-0.2, -0.15) is 0 Å². The largest absolute Gasteiger partial charge is 0.368 e. The maximum Gasteiger partial charge on any atom is 0.255 e. The first kappa shape index (κ1) is 39.3. The predicted octanol–water partition coefficient (Wildman–Crippen LogP) is 3.21. The van der Waals surface area contributed by atoms with Crippen molar-refractivity contribution in [3.8, 4) is 22.5 Å². The summed E-state index contributed by atoms with van der Waals surface area (Å²) in [4.78, 5) is 74.7. The van der Waals surface area contributed by atoms with E-state index in [4.69, 9.17) is 11.5 Å². The quantitative estimate of drug-likeness (QED) is 0.142. The standard InChI is InChI=1S/C41H48N8O5/c1-22(2)15-26-9-11-29(12-10-26)39-45-24(4)36(25(5)46-39)41(54)48-32(13-14-42)40(53)49-37-23(3)16-28-18-31(37)30-8-6-7-27(17-30)20-34(50)44-21-35(51)47-33(19-28)38(43)52/h6-12,16-18,22,32-33H,13-15,19-21,42H2,1-5H3,(H2,43,52)(H,44,50)(H,47,51)(H,48,54)(H,49,53)/t32-,33?/m0/s1. The average Bonchev–Trinajstić information content (AvgIpc) is 3.10. The normalized spacial score (nSPS) is 15.1. The zero-order valence-electron chi connectivity index (χ0n) is 31.3. The summed E-state index contributed by atoms with van der Waals surface area (Å²) >= 11 is 0. The van der Waals surface area contributed by atoms with Crippen LogP contribution in [-0.4, -0.2) is 64.7 Å². The molecule has 3 aromatic carbocycles. The molecule has 1 aromatic heterocycles. The van der Waals surface area contributed by atoms with E-state index in [2.05, 4.69) is 57.2 Å². The number of aryl methyl sites for hydroxylation is 3. The summed E-state index contributed by atoms with van der Waals surface area (Å²) in [6.45, 7) is 9.45. The van der Waals surface area contributed by atoms with Gasteiger partial charge in [-0.1, -0.05) is 68.4 Å². The van der Waals surface area contributed by atoms with Gasteiger partial charge in [0.25, 0.3) is 5.91 Å². The van der Waals surface area contributed by atoms with Gasteiger partial charge in [-0.25, -0.2) is 9.97 Å². The van der Waals surface area contributed by atoms with Crippen LogP contribution in [0.4, 0.5) is 5.69 Å². The Kier molecular flexibility index (Phi) is 12.5. The van der Waals surface area contributed by atoms with E-state index < -0.39 is 35.7 Å². The monoisotopic (exact) mass is 732 g/mol. The van der Waals surface area contributed by atoms with Crippen molar-refractivity contribution in [2.45, 2.75) is 72.4 Å². The molecule has 5 rings (SSSR count). The highest BCUT2D eigenvalue weighted by molar-refractivity contribution is 6.04. The van der Waals surface area contributed by atoms with Crippen molar-refractivity contribution in [2.24, 2.45) is 17.4 Å². The molecular formula is C41H48N8O5. The van der Waals surface area contributed by atoms with Crippen LogP contribution < -0.4 is 32.7 Å². The van der Waals surface area contributed by atoms with Crippen molar-refractivity contribution >= 4 is 35.2 Å². The molecule has 0 fully saturated rings. The third-order valence-electron chi connectivity index (χ3n) is 9.24. The molecule has 13 nitrogen and oxygen atoms in total. The predicted molar refractivity (Wildman–Crippen MR) is 207 cm³/mol. The van der Waals surface area contributed by atoms with Gasteiger partial charge in [0, 0.05) is 17.5 Å². The van der Waals surface area contributed by atoms with E-state index >= 15 is 0 Å². The molecule has 2 heterocycles. The van der Waals surface area contributed by atoms with Crippen LogP contribution in [0.3, 0.4) is 0 Å². The number of hydrogen-bond acceptors (Lipinski definition) is 8. The van der Waals surface area contributed by atoms with Crippen LogP contribution in [0.25, 0.3) is 22.5 Å². The molecule has 0 saturated carbocycles. The summed E-state index contributed by atoms with van der Waals surface area (Å²) in [5, 5.41) is 11.1. The van der Waals surface area contributed by atoms with Crippen LogP contribution in [0.1, 0.15) is 64.3 Å². The number of aromatic nitrogens is 2. The molecule has 1 aliphatic heterocycles. The summed E-state index contributed by atoms with van der Waals surface area (Å²) in [7, 11) is 0. The molecule has 0 saturated heterocycles. The Hall–Kier alpha value is -5.95. The molecule has 2 atom stereocenters. The molecular weight excluding hydrogens is 685 g/mol. The first-order valence-corrected chi connectivity index (χ1v) is 18.1. The third-order valence-corrected chi connectivity index (χ3v) is 9.24. The van der Waals surface area contributed by atoms with E-state index in [1.54, 1.807) is 39.0 Å². The number of fused-ring (bicyclic) bond motifs is 5. The van der Waals surface area contributed by atoms with Crippen LogP contribution in [0.2, 0.25) is 0 Å². The molecule has 4 bridgehead atoms. The summed E-state index contributed by atoms with van der Waals surface area (Å²) in [5.74, 6) is -1.62. The molecule has 0 aliphatic carbocycles. The first-order chi connectivity index (χ1) is 25.7. The van der Waals surface area contributed by atoms with Crippen LogP contribution in [0.5, 0.6) is 0 Å². The molecule has 54 heavy (non-hydrogen) atoms. The lowest BCUT2D eigenvalue weighted by Crippen LogP contribution is -2.49. The second kappa shape index (κ2) is 17.3. The van der Waals surface area contributed by atoms with Crippen molar-refractivity contribution < 1.29 is 24.0 Å². The van der Waals surface area contributed by atoms with Crippen LogP contribution in [0, 0.1) is 26.7 Å². The van der Waals surface area contributed by atoms with E-state index in [0.29, 0.717) is 56.6 Å². The van der Waals surface area contributed by atoms with Gasteiger partial charge in [0.2, 0.25) is 23.6 Å². The number of benzene rings is 3. The molecule has 1 aliphatic rings. The number of primary amides is 1. The van der Waals surface area contributed by atoms with E-state index in [1.807, 2.05) is 30.3 Å².